The second kappa shape index (κ2) is 7.73. The van der Waals surface area contributed by atoms with E-state index in [1.54, 1.807) is 7.11 Å². The van der Waals surface area contributed by atoms with Crippen LogP contribution >= 0.6 is 0 Å². The standard InChI is InChI=1S/C19H26N4O/c1-14-4-6-16(7-5-14)13-23-10-8-18(23)17-12-19(20-9-11-24-3)22-15(2)21-17/h4-7,12,18H,8-11,13H2,1-3H3,(H,20,21,22). The number of hydrogen-bond acceptors (Lipinski definition) is 5. The van der Waals surface area contributed by atoms with Crippen molar-refractivity contribution in [2.75, 3.05) is 32.1 Å². The van der Waals surface area contributed by atoms with Crippen molar-refractivity contribution in [2.45, 2.75) is 32.9 Å². The largest absolute Gasteiger partial charge is 0.383 e. The molecule has 0 bridgehead atoms. The van der Waals surface area contributed by atoms with E-state index in [2.05, 4.69) is 57.4 Å². The van der Waals surface area contributed by atoms with Gasteiger partial charge in [0.2, 0.25) is 0 Å². The molecule has 2 heterocycles. The van der Waals surface area contributed by atoms with Gasteiger partial charge in [-0.1, -0.05) is 29.8 Å². The molecule has 0 aliphatic carbocycles. The van der Waals surface area contributed by atoms with Crippen LogP contribution in [-0.2, 0) is 11.3 Å². The second-order valence-electron chi connectivity index (χ2n) is 6.41. The van der Waals surface area contributed by atoms with Crippen LogP contribution in [0.15, 0.2) is 30.3 Å². The van der Waals surface area contributed by atoms with E-state index in [9.17, 15) is 0 Å². The Labute approximate surface area is 144 Å². The molecular formula is C19H26N4O. The predicted molar refractivity (Wildman–Crippen MR) is 96.1 cm³/mol. The maximum atomic E-state index is 5.08. The first-order chi connectivity index (χ1) is 11.7. The Hall–Kier alpha value is -1.98. The Morgan fingerprint density at radius 3 is 2.67 bits per heavy atom. The molecule has 1 unspecified atom stereocenters. The van der Waals surface area contributed by atoms with Crippen LogP contribution in [0.1, 0.15) is 35.1 Å². The average Bonchev–Trinajstić information content (AvgIpc) is 2.53. The van der Waals surface area contributed by atoms with Gasteiger partial charge in [0.1, 0.15) is 11.6 Å². The van der Waals surface area contributed by atoms with Crippen LogP contribution in [0.4, 0.5) is 5.82 Å². The van der Waals surface area contributed by atoms with E-state index < -0.39 is 0 Å². The highest BCUT2D eigenvalue weighted by Crippen LogP contribution is 2.34. The van der Waals surface area contributed by atoms with Gasteiger partial charge in [0.15, 0.2) is 0 Å². The van der Waals surface area contributed by atoms with E-state index in [1.165, 1.54) is 11.1 Å². The van der Waals surface area contributed by atoms with Crippen molar-refractivity contribution in [2.24, 2.45) is 0 Å². The summed E-state index contributed by atoms with van der Waals surface area (Å²) in [5.74, 6) is 1.70. The Morgan fingerprint density at radius 2 is 2.00 bits per heavy atom. The van der Waals surface area contributed by atoms with Crippen LogP contribution in [0.3, 0.4) is 0 Å². The summed E-state index contributed by atoms with van der Waals surface area (Å²) in [7, 11) is 1.70. The number of aromatic nitrogens is 2. The zero-order valence-corrected chi connectivity index (χ0v) is 14.7. The molecule has 128 valence electrons. The van der Waals surface area contributed by atoms with Crippen molar-refractivity contribution in [3.8, 4) is 0 Å². The summed E-state index contributed by atoms with van der Waals surface area (Å²) in [5, 5.41) is 3.31. The minimum absolute atomic E-state index is 0.385. The molecule has 0 amide bonds. The molecule has 5 heteroatoms. The number of ether oxygens (including phenoxy) is 1. The summed E-state index contributed by atoms with van der Waals surface area (Å²) in [5.41, 5.74) is 3.77. The molecule has 1 atom stereocenters. The molecule has 1 N–H and O–H groups in total. The normalized spacial score (nSPS) is 17.5. The number of nitrogens with zero attached hydrogens (tertiary/aromatic N) is 3. The fraction of sp³-hybridized carbons (Fsp3) is 0.474. The molecule has 3 rings (SSSR count). The predicted octanol–water partition coefficient (Wildman–Crippen LogP) is 3.10. The van der Waals surface area contributed by atoms with Crippen molar-refractivity contribution >= 4 is 5.82 Å². The van der Waals surface area contributed by atoms with E-state index in [1.807, 2.05) is 6.92 Å². The minimum Gasteiger partial charge on any atom is -0.383 e. The van der Waals surface area contributed by atoms with Gasteiger partial charge in [0.05, 0.1) is 18.3 Å². The highest BCUT2D eigenvalue weighted by atomic mass is 16.5. The fourth-order valence-corrected chi connectivity index (χ4v) is 3.03. The number of methoxy groups -OCH3 is 1. The Bertz CT molecular complexity index is 672. The highest BCUT2D eigenvalue weighted by molar-refractivity contribution is 5.37. The lowest BCUT2D eigenvalue weighted by Crippen LogP contribution is -2.40. The lowest BCUT2D eigenvalue weighted by Gasteiger charge is -2.40. The van der Waals surface area contributed by atoms with E-state index in [0.29, 0.717) is 12.6 Å². The second-order valence-corrected chi connectivity index (χ2v) is 6.41. The summed E-state index contributed by atoms with van der Waals surface area (Å²) in [6.07, 6.45) is 1.15. The molecular weight excluding hydrogens is 300 g/mol. The van der Waals surface area contributed by atoms with Crippen molar-refractivity contribution in [1.29, 1.82) is 0 Å². The quantitative estimate of drug-likeness (QED) is 0.792. The summed E-state index contributed by atoms with van der Waals surface area (Å²) >= 11 is 0. The lowest BCUT2D eigenvalue weighted by molar-refractivity contribution is 0.0785. The first-order valence-electron chi connectivity index (χ1n) is 8.53. The topological polar surface area (TPSA) is 50.3 Å². The molecule has 0 spiro atoms. The zero-order chi connectivity index (χ0) is 16.9. The van der Waals surface area contributed by atoms with Gasteiger partial charge in [-0.3, -0.25) is 4.90 Å². The van der Waals surface area contributed by atoms with E-state index in [0.717, 1.165) is 43.4 Å². The fourth-order valence-electron chi connectivity index (χ4n) is 3.03. The summed E-state index contributed by atoms with van der Waals surface area (Å²) in [4.78, 5) is 11.6. The SMILES string of the molecule is COCCNc1cc(C2CCN2Cc2ccc(C)cc2)nc(C)n1. The van der Waals surface area contributed by atoms with Crippen molar-refractivity contribution in [1.82, 2.24) is 14.9 Å². The highest BCUT2D eigenvalue weighted by Gasteiger charge is 2.30. The first kappa shape index (κ1) is 16.9. The van der Waals surface area contributed by atoms with Crippen LogP contribution in [0, 0.1) is 13.8 Å². The van der Waals surface area contributed by atoms with Gasteiger partial charge in [0.25, 0.3) is 0 Å². The molecule has 1 fully saturated rings. The molecule has 2 aromatic rings. The van der Waals surface area contributed by atoms with Gasteiger partial charge in [0, 0.05) is 32.8 Å². The summed E-state index contributed by atoms with van der Waals surface area (Å²) in [6, 6.07) is 11.2. The van der Waals surface area contributed by atoms with Crippen LogP contribution in [0.25, 0.3) is 0 Å². The van der Waals surface area contributed by atoms with Crippen LogP contribution in [-0.4, -0.2) is 41.7 Å². The molecule has 1 aromatic carbocycles. The Balaban J connectivity index is 1.68. The monoisotopic (exact) mass is 326 g/mol. The third-order valence-corrected chi connectivity index (χ3v) is 4.45. The maximum absolute atomic E-state index is 5.08. The Morgan fingerprint density at radius 1 is 1.21 bits per heavy atom. The molecule has 0 radical (unpaired) electrons. The minimum atomic E-state index is 0.385. The third-order valence-electron chi connectivity index (χ3n) is 4.45. The van der Waals surface area contributed by atoms with E-state index >= 15 is 0 Å². The number of aryl methyl sites for hydroxylation is 2. The number of hydrogen-bond donors (Lipinski definition) is 1. The summed E-state index contributed by atoms with van der Waals surface area (Å²) in [6.45, 7) is 7.59. The molecule has 5 nitrogen and oxygen atoms in total. The first-order valence-corrected chi connectivity index (χ1v) is 8.53. The molecule has 1 saturated heterocycles. The number of anilines is 1. The van der Waals surface area contributed by atoms with Crippen LogP contribution < -0.4 is 5.32 Å². The molecule has 24 heavy (non-hydrogen) atoms. The lowest BCUT2D eigenvalue weighted by atomic mass is 9.97. The molecule has 1 aliphatic heterocycles. The van der Waals surface area contributed by atoms with Gasteiger partial charge in [-0.15, -0.1) is 0 Å². The van der Waals surface area contributed by atoms with E-state index in [4.69, 9.17) is 4.74 Å². The average molecular weight is 326 g/mol. The molecule has 0 saturated carbocycles. The zero-order valence-electron chi connectivity index (χ0n) is 14.7. The number of benzene rings is 1. The third kappa shape index (κ3) is 4.10. The maximum Gasteiger partial charge on any atom is 0.130 e. The smallest absolute Gasteiger partial charge is 0.130 e. The van der Waals surface area contributed by atoms with Crippen LogP contribution in [0.5, 0.6) is 0 Å². The van der Waals surface area contributed by atoms with Crippen molar-refractivity contribution in [3.05, 3.63) is 53.0 Å². The van der Waals surface area contributed by atoms with Crippen molar-refractivity contribution in [3.63, 3.8) is 0 Å². The van der Waals surface area contributed by atoms with Gasteiger partial charge in [-0.2, -0.15) is 0 Å². The van der Waals surface area contributed by atoms with Gasteiger partial charge >= 0.3 is 0 Å². The van der Waals surface area contributed by atoms with E-state index in [-0.39, 0.29) is 0 Å². The number of rotatable bonds is 7. The number of likely N-dealkylation sites (tertiary alicyclic amines) is 1. The Kier molecular flexibility index (Phi) is 5.43. The van der Waals surface area contributed by atoms with Gasteiger partial charge < -0.3 is 10.1 Å². The van der Waals surface area contributed by atoms with Crippen molar-refractivity contribution < 1.29 is 4.74 Å². The van der Waals surface area contributed by atoms with Gasteiger partial charge in [-0.25, -0.2) is 9.97 Å². The molecule has 1 aromatic heterocycles. The van der Waals surface area contributed by atoms with Gasteiger partial charge in [-0.05, 0) is 25.8 Å². The van der Waals surface area contributed by atoms with Crippen LogP contribution in [0.2, 0.25) is 0 Å². The molecule has 1 aliphatic rings. The summed E-state index contributed by atoms with van der Waals surface area (Å²) < 4.78 is 5.08. The number of nitrogens with one attached hydrogen (secondary N) is 1.